The van der Waals surface area contributed by atoms with E-state index in [0.29, 0.717) is 46.2 Å². The van der Waals surface area contributed by atoms with E-state index < -0.39 is 13.0 Å². The maximum atomic E-state index is 11.9. The van der Waals surface area contributed by atoms with E-state index in [2.05, 4.69) is 15.2 Å². The first-order chi connectivity index (χ1) is 16.8. The number of imidazole rings is 1. The molecule has 0 aliphatic carbocycles. The van der Waals surface area contributed by atoms with Crippen LogP contribution in [0.25, 0.3) is 17.2 Å². The van der Waals surface area contributed by atoms with Gasteiger partial charge < -0.3 is 26.0 Å². The number of nitrogens with one attached hydrogen (secondary N) is 1. The Morgan fingerprint density at radius 3 is 2.80 bits per heavy atom. The van der Waals surface area contributed by atoms with E-state index in [0.717, 1.165) is 36.3 Å². The van der Waals surface area contributed by atoms with Crippen LogP contribution in [0.3, 0.4) is 0 Å². The Hall–Kier alpha value is -3.96. The summed E-state index contributed by atoms with van der Waals surface area (Å²) in [6, 6.07) is 10.5. The molecule has 0 radical (unpaired) electrons. The number of anilines is 2. The number of aryl methyl sites for hydroxylation is 1. The van der Waals surface area contributed by atoms with Gasteiger partial charge in [0.1, 0.15) is 23.0 Å². The molecule has 11 heteroatoms. The molecule has 4 aromatic rings. The second-order valence-electron chi connectivity index (χ2n) is 8.72. The summed E-state index contributed by atoms with van der Waals surface area (Å²) < 4.78 is 1.80. The highest BCUT2D eigenvalue weighted by molar-refractivity contribution is 6.58. The predicted octanol–water partition coefficient (Wildman–Crippen LogP) is 0.873. The van der Waals surface area contributed by atoms with E-state index in [1.807, 2.05) is 26.2 Å². The van der Waals surface area contributed by atoms with Gasteiger partial charge in [-0.2, -0.15) is 0 Å². The molecule has 1 amide bonds. The number of amides is 1. The Bertz CT molecular complexity index is 1440. The number of benzene rings is 1. The van der Waals surface area contributed by atoms with Gasteiger partial charge in [-0.25, -0.2) is 15.0 Å². The topological polar surface area (TPSA) is 142 Å². The molecular weight excluding hydrogens is 445 g/mol. The third kappa shape index (κ3) is 4.20. The Kier molecular flexibility index (Phi) is 5.87. The van der Waals surface area contributed by atoms with Crippen molar-refractivity contribution >= 4 is 35.8 Å². The van der Waals surface area contributed by atoms with E-state index in [4.69, 9.17) is 15.7 Å². The first-order valence-corrected chi connectivity index (χ1v) is 11.4. The standard InChI is InChI=1S/C24H26BN7O3/c1-14-19(32-11-5-8-17(20(26)33)24(32)28-14)22-29-21(18-9-4-10-31(2)23(18)30-22)27-13-15-6-3-7-16(12-15)25(34)35/h3,5-8,11-12,34-35H,4,9-10,13H2,1-2H3,(H2,26,33)(H,27,29,30). The van der Waals surface area contributed by atoms with Gasteiger partial charge in [-0.05, 0) is 42.9 Å². The SMILES string of the molecule is Cc1nc2c(C(N)=O)cccn2c1-c1nc(NCc2cccc(B(O)O)c2)c2c(n1)N(C)CCC2. The van der Waals surface area contributed by atoms with Gasteiger partial charge in [0, 0.05) is 31.9 Å². The summed E-state index contributed by atoms with van der Waals surface area (Å²) in [5.74, 6) is 1.51. The Labute approximate surface area is 202 Å². The quantitative estimate of drug-likeness (QED) is 0.304. The molecule has 178 valence electrons. The fourth-order valence-electron chi connectivity index (χ4n) is 4.56. The third-order valence-corrected chi connectivity index (χ3v) is 6.28. The average Bonchev–Trinajstić information content (AvgIpc) is 3.18. The zero-order valence-corrected chi connectivity index (χ0v) is 19.6. The molecule has 0 saturated carbocycles. The number of carbonyl (C=O) groups is 1. The van der Waals surface area contributed by atoms with Crippen LogP contribution in [0.1, 0.15) is 33.6 Å². The maximum Gasteiger partial charge on any atom is 0.488 e. The molecule has 0 unspecified atom stereocenters. The van der Waals surface area contributed by atoms with E-state index in [1.165, 1.54) is 0 Å². The molecule has 0 atom stereocenters. The molecule has 10 nitrogen and oxygen atoms in total. The molecule has 35 heavy (non-hydrogen) atoms. The number of rotatable bonds is 6. The Morgan fingerprint density at radius 1 is 1.20 bits per heavy atom. The number of aromatic nitrogens is 4. The van der Waals surface area contributed by atoms with Crippen LogP contribution in [0, 0.1) is 6.92 Å². The lowest BCUT2D eigenvalue weighted by Gasteiger charge is -2.28. The molecule has 1 aliphatic heterocycles. The third-order valence-electron chi connectivity index (χ3n) is 6.28. The van der Waals surface area contributed by atoms with Gasteiger partial charge in [-0.1, -0.05) is 24.3 Å². The van der Waals surface area contributed by atoms with Gasteiger partial charge in [0.2, 0.25) is 0 Å². The molecule has 0 bridgehead atoms. The number of carbonyl (C=O) groups excluding carboxylic acids is 1. The van der Waals surface area contributed by atoms with Crippen LogP contribution in [0.5, 0.6) is 0 Å². The second-order valence-corrected chi connectivity index (χ2v) is 8.72. The molecule has 0 spiro atoms. The molecule has 1 aromatic carbocycles. The van der Waals surface area contributed by atoms with Gasteiger partial charge >= 0.3 is 7.12 Å². The van der Waals surface area contributed by atoms with Crippen LogP contribution >= 0.6 is 0 Å². The van der Waals surface area contributed by atoms with Crippen molar-refractivity contribution in [2.24, 2.45) is 5.73 Å². The molecule has 4 heterocycles. The lowest BCUT2D eigenvalue weighted by molar-refractivity contribution is 0.100. The minimum absolute atomic E-state index is 0.334. The highest BCUT2D eigenvalue weighted by Gasteiger charge is 2.25. The van der Waals surface area contributed by atoms with Crippen LogP contribution in [-0.4, -0.2) is 56.0 Å². The zero-order valence-electron chi connectivity index (χ0n) is 19.6. The minimum Gasteiger partial charge on any atom is -0.423 e. The van der Waals surface area contributed by atoms with Gasteiger partial charge in [-0.15, -0.1) is 0 Å². The van der Waals surface area contributed by atoms with Crippen molar-refractivity contribution in [1.29, 1.82) is 0 Å². The monoisotopic (exact) mass is 471 g/mol. The second kappa shape index (κ2) is 9.01. The maximum absolute atomic E-state index is 11.9. The number of fused-ring (bicyclic) bond motifs is 2. The van der Waals surface area contributed by atoms with Crippen LogP contribution in [-0.2, 0) is 13.0 Å². The molecule has 0 fully saturated rings. The fraction of sp³-hybridized carbons (Fsp3) is 0.250. The summed E-state index contributed by atoms with van der Waals surface area (Å²) in [6.07, 6.45) is 3.65. The molecule has 5 N–H and O–H groups in total. The smallest absolute Gasteiger partial charge is 0.423 e. The summed E-state index contributed by atoms with van der Waals surface area (Å²) >= 11 is 0. The van der Waals surface area contributed by atoms with Crippen LogP contribution < -0.4 is 21.4 Å². The van der Waals surface area contributed by atoms with Crippen molar-refractivity contribution in [2.45, 2.75) is 26.3 Å². The summed E-state index contributed by atoms with van der Waals surface area (Å²) in [5, 5.41) is 22.4. The fourth-order valence-corrected chi connectivity index (χ4v) is 4.56. The zero-order chi connectivity index (χ0) is 24.7. The number of pyridine rings is 1. The highest BCUT2D eigenvalue weighted by atomic mass is 16.4. The molecule has 3 aromatic heterocycles. The van der Waals surface area contributed by atoms with E-state index in [-0.39, 0.29) is 0 Å². The highest BCUT2D eigenvalue weighted by Crippen LogP contribution is 2.33. The largest absolute Gasteiger partial charge is 0.488 e. The molecule has 0 saturated heterocycles. The van der Waals surface area contributed by atoms with Crippen molar-refractivity contribution in [3.63, 3.8) is 0 Å². The van der Waals surface area contributed by atoms with Crippen molar-refractivity contribution in [3.8, 4) is 11.5 Å². The summed E-state index contributed by atoms with van der Waals surface area (Å²) in [7, 11) is 0.488. The summed E-state index contributed by atoms with van der Waals surface area (Å²) in [5.41, 5.74) is 10.1. The normalized spacial score (nSPS) is 13.1. The van der Waals surface area contributed by atoms with E-state index in [9.17, 15) is 14.8 Å². The predicted molar refractivity (Wildman–Crippen MR) is 135 cm³/mol. The van der Waals surface area contributed by atoms with Gasteiger partial charge in [0.05, 0.1) is 11.3 Å². The minimum atomic E-state index is -1.52. The van der Waals surface area contributed by atoms with Crippen LogP contribution in [0.15, 0.2) is 42.6 Å². The van der Waals surface area contributed by atoms with Gasteiger partial charge in [0.25, 0.3) is 5.91 Å². The first kappa shape index (κ1) is 22.8. The number of hydrogen-bond donors (Lipinski definition) is 4. The summed E-state index contributed by atoms with van der Waals surface area (Å²) in [4.78, 5) is 28.4. The number of nitrogens with two attached hydrogens (primary N) is 1. The van der Waals surface area contributed by atoms with Crippen molar-refractivity contribution in [1.82, 2.24) is 19.4 Å². The molecular formula is C24H26BN7O3. The lowest BCUT2D eigenvalue weighted by atomic mass is 9.79. The van der Waals surface area contributed by atoms with Crippen molar-refractivity contribution in [3.05, 3.63) is 65.0 Å². The number of nitrogens with zero attached hydrogens (tertiary/aromatic N) is 5. The van der Waals surface area contributed by atoms with Gasteiger partial charge in [0.15, 0.2) is 5.82 Å². The van der Waals surface area contributed by atoms with Crippen LogP contribution in [0.4, 0.5) is 11.6 Å². The van der Waals surface area contributed by atoms with E-state index in [1.54, 1.807) is 34.7 Å². The number of primary amides is 1. The number of hydrogen-bond acceptors (Lipinski definition) is 8. The van der Waals surface area contributed by atoms with Crippen molar-refractivity contribution < 1.29 is 14.8 Å². The molecule has 1 aliphatic rings. The van der Waals surface area contributed by atoms with Crippen LogP contribution in [0.2, 0.25) is 0 Å². The van der Waals surface area contributed by atoms with Crippen molar-refractivity contribution in [2.75, 3.05) is 23.8 Å². The average molecular weight is 471 g/mol. The Balaban J connectivity index is 1.60. The van der Waals surface area contributed by atoms with Gasteiger partial charge in [-0.3, -0.25) is 9.20 Å². The Morgan fingerprint density at radius 2 is 2.03 bits per heavy atom. The van der Waals surface area contributed by atoms with E-state index >= 15 is 0 Å². The first-order valence-electron chi connectivity index (χ1n) is 11.4. The lowest BCUT2D eigenvalue weighted by Crippen LogP contribution is -2.30. The molecule has 5 rings (SSSR count). The summed E-state index contributed by atoms with van der Waals surface area (Å²) in [6.45, 7) is 3.20.